The summed E-state index contributed by atoms with van der Waals surface area (Å²) >= 11 is 8.77. The summed E-state index contributed by atoms with van der Waals surface area (Å²) in [5.74, 6) is 0.664. The quantitative estimate of drug-likeness (QED) is 0.723. The highest BCUT2D eigenvalue weighted by Gasteiger charge is 1.95. The van der Waals surface area contributed by atoms with E-state index in [1.54, 1.807) is 12.1 Å². The van der Waals surface area contributed by atoms with Gasteiger partial charge >= 0.3 is 0 Å². The van der Waals surface area contributed by atoms with Gasteiger partial charge in [-0.05, 0) is 23.8 Å². The Hall–Kier alpha value is -0.210. The second kappa shape index (κ2) is 3.26. The number of alkyl halides is 1. The van der Waals surface area contributed by atoms with Crippen LogP contribution in [0.3, 0.4) is 0 Å². The molecule has 0 atom stereocenters. The van der Waals surface area contributed by atoms with Gasteiger partial charge in [-0.3, -0.25) is 0 Å². The van der Waals surface area contributed by atoms with E-state index >= 15 is 0 Å². The van der Waals surface area contributed by atoms with Crippen molar-refractivity contribution in [2.24, 2.45) is 0 Å². The van der Waals surface area contributed by atoms with Crippen LogP contribution in [-0.2, 0) is 5.88 Å². The summed E-state index contributed by atoms with van der Waals surface area (Å²) in [4.78, 5) is 0. The average Bonchev–Trinajstić information content (AvgIpc) is 1.85. The molecule has 0 aliphatic rings. The van der Waals surface area contributed by atoms with E-state index < -0.39 is 0 Å². The molecule has 0 unspecified atom stereocenters. The highest BCUT2D eigenvalue weighted by atomic mass is 79.9. The van der Waals surface area contributed by atoms with Crippen LogP contribution in [0.5, 0.6) is 5.75 Å². The minimum atomic E-state index is 0.241. The number of hydrogen-bond donors (Lipinski definition) is 1. The van der Waals surface area contributed by atoms with E-state index in [0.717, 1.165) is 10.0 Å². The first-order chi connectivity index (χ1) is 4.72. The van der Waals surface area contributed by atoms with Crippen LogP contribution in [-0.4, -0.2) is 5.11 Å². The average molecular weight is 221 g/mol. The van der Waals surface area contributed by atoms with Crippen LogP contribution >= 0.6 is 27.5 Å². The fraction of sp³-hybridized carbons (Fsp3) is 0.143. The smallest absolute Gasteiger partial charge is 0.117 e. The maximum Gasteiger partial charge on any atom is 0.117 e. The van der Waals surface area contributed by atoms with Gasteiger partial charge in [0.15, 0.2) is 0 Å². The molecule has 3 heteroatoms. The van der Waals surface area contributed by atoms with Gasteiger partial charge in [0, 0.05) is 10.4 Å². The van der Waals surface area contributed by atoms with Gasteiger partial charge in [-0.1, -0.05) is 15.9 Å². The summed E-state index contributed by atoms with van der Waals surface area (Å²) < 4.78 is 0.850. The minimum Gasteiger partial charge on any atom is -0.508 e. The molecule has 0 amide bonds. The Morgan fingerprint density at radius 3 is 2.60 bits per heavy atom. The maximum atomic E-state index is 9.04. The van der Waals surface area contributed by atoms with Crippen molar-refractivity contribution in [3.63, 3.8) is 0 Å². The molecule has 0 aromatic heterocycles. The van der Waals surface area contributed by atoms with E-state index in [4.69, 9.17) is 16.7 Å². The molecule has 0 fully saturated rings. The van der Waals surface area contributed by atoms with Crippen LogP contribution in [0.2, 0.25) is 0 Å². The normalized spacial score (nSPS) is 9.80. The summed E-state index contributed by atoms with van der Waals surface area (Å²) in [6.07, 6.45) is 0. The largest absolute Gasteiger partial charge is 0.508 e. The van der Waals surface area contributed by atoms with Crippen LogP contribution < -0.4 is 0 Å². The van der Waals surface area contributed by atoms with Gasteiger partial charge in [0.2, 0.25) is 0 Å². The van der Waals surface area contributed by atoms with Crippen LogP contribution in [0.1, 0.15) is 5.56 Å². The molecule has 1 N–H and O–H groups in total. The molecule has 0 saturated heterocycles. The monoisotopic (exact) mass is 220 g/mol. The molecule has 1 rings (SSSR count). The maximum absolute atomic E-state index is 9.04. The predicted octanol–water partition coefficient (Wildman–Crippen LogP) is 2.89. The first-order valence-electron chi connectivity index (χ1n) is 2.77. The van der Waals surface area contributed by atoms with Crippen LogP contribution in [0.4, 0.5) is 0 Å². The summed E-state index contributed by atoms with van der Waals surface area (Å²) in [7, 11) is 0. The molecular weight excluding hydrogens is 215 g/mol. The third-order valence-corrected chi connectivity index (χ3v) is 1.86. The summed E-state index contributed by atoms with van der Waals surface area (Å²) in [6.45, 7) is 0. The lowest BCUT2D eigenvalue weighted by molar-refractivity contribution is 0.474. The van der Waals surface area contributed by atoms with Gasteiger partial charge in [-0.25, -0.2) is 0 Å². The van der Waals surface area contributed by atoms with Crippen molar-refractivity contribution in [1.29, 1.82) is 0 Å². The fourth-order valence-electron chi connectivity index (χ4n) is 0.710. The van der Waals surface area contributed by atoms with E-state index in [2.05, 4.69) is 15.9 Å². The van der Waals surface area contributed by atoms with Gasteiger partial charge < -0.3 is 5.11 Å². The van der Waals surface area contributed by atoms with Gasteiger partial charge in [0.05, 0.1) is 0 Å². The minimum absolute atomic E-state index is 0.241. The Balaban J connectivity index is 3.06. The first-order valence-corrected chi connectivity index (χ1v) is 4.09. The molecule has 10 heavy (non-hydrogen) atoms. The number of phenolic OH excluding ortho intramolecular Hbond substituents is 1. The molecule has 0 aliphatic carbocycles. The molecule has 0 spiro atoms. The number of halogens is 2. The van der Waals surface area contributed by atoms with E-state index in [9.17, 15) is 0 Å². The van der Waals surface area contributed by atoms with Crippen molar-refractivity contribution >= 4 is 27.5 Å². The number of hydrogen-bond acceptors (Lipinski definition) is 1. The third kappa shape index (κ3) is 1.89. The highest BCUT2D eigenvalue weighted by Crippen LogP contribution is 2.20. The molecular formula is C7H6BrClO. The van der Waals surface area contributed by atoms with Gasteiger partial charge in [-0.2, -0.15) is 0 Å². The number of rotatable bonds is 1. The number of benzene rings is 1. The zero-order valence-electron chi connectivity index (χ0n) is 5.14. The SMILES string of the molecule is Oc1cc(Br)cc(CCl)c1. The third-order valence-electron chi connectivity index (χ3n) is 1.10. The zero-order valence-corrected chi connectivity index (χ0v) is 7.48. The van der Waals surface area contributed by atoms with E-state index in [1.165, 1.54) is 0 Å². The van der Waals surface area contributed by atoms with Crippen molar-refractivity contribution in [3.8, 4) is 5.75 Å². The van der Waals surface area contributed by atoms with E-state index in [0.29, 0.717) is 5.88 Å². The van der Waals surface area contributed by atoms with Crippen LogP contribution in [0, 0.1) is 0 Å². The molecule has 1 aromatic rings. The second-order valence-electron chi connectivity index (χ2n) is 1.95. The molecule has 0 radical (unpaired) electrons. The second-order valence-corrected chi connectivity index (χ2v) is 3.13. The summed E-state index contributed by atoms with van der Waals surface area (Å²) in [5, 5.41) is 9.04. The summed E-state index contributed by atoms with van der Waals surface area (Å²) in [5.41, 5.74) is 0.911. The lowest BCUT2D eigenvalue weighted by Crippen LogP contribution is -1.76. The Morgan fingerprint density at radius 2 is 2.10 bits per heavy atom. The lowest BCUT2D eigenvalue weighted by Gasteiger charge is -1.97. The van der Waals surface area contributed by atoms with E-state index in [-0.39, 0.29) is 5.75 Å². The number of aromatic hydroxyl groups is 1. The zero-order chi connectivity index (χ0) is 7.56. The van der Waals surface area contributed by atoms with Crippen LogP contribution in [0.15, 0.2) is 22.7 Å². The Bertz CT molecular complexity index is 217. The van der Waals surface area contributed by atoms with Crippen molar-refractivity contribution in [3.05, 3.63) is 28.2 Å². The van der Waals surface area contributed by atoms with Gasteiger partial charge in [0.1, 0.15) is 5.75 Å². The van der Waals surface area contributed by atoms with Crippen molar-refractivity contribution in [2.75, 3.05) is 0 Å². The van der Waals surface area contributed by atoms with Crippen LogP contribution in [0.25, 0.3) is 0 Å². The van der Waals surface area contributed by atoms with E-state index in [1.807, 2.05) is 6.07 Å². The Morgan fingerprint density at radius 1 is 1.40 bits per heavy atom. The fourth-order valence-corrected chi connectivity index (χ4v) is 1.39. The van der Waals surface area contributed by atoms with Crippen molar-refractivity contribution in [1.82, 2.24) is 0 Å². The molecule has 0 aliphatic heterocycles. The van der Waals surface area contributed by atoms with Crippen molar-refractivity contribution < 1.29 is 5.11 Å². The highest BCUT2D eigenvalue weighted by molar-refractivity contribution is 9.10. The first kappa shape index (κ1) is 7.89. The summed E-state index contributed by atoms with van der Waals surface area (Å²) in [6, 6.07) is 5.13. The predicted molar refractivity (Wildman–Crippen MR) is 45.4 cm³/mol. The Kier molecular flexibility index (Phi) is 2.57. The number of phenols is 1. The topological polar surface area (TPSA) is 20.2 Å². The molecule has 54 valence electrons. The molecule has 1 aromatic carbocycles. The molecule has 0 heterocycles. The van der Waals surface area contributed by atoms with Crippen molar-refractivity contribution in [2.45, 2.75) is 5.88 Å². The van der Waals surface area contributed by atoms with Gasteiger partial charge in [0.25, 0.3) is 0 Å². The van der Waals surface area contributed by atoms with Gasteiger partial charge in [-0.15, -0.1) is 11.6 Å². The molecule has 0 bridgehead atoms. The lowest BCUT2D eigenvalue weighted by atomic mass is 10.2. The standard InChI is InChI=1S/C7H6BrClO/c8-6-1-5(4-9)2-7(10)3-6/h1-3,10H,4H2. The Labute approximate surface area is 72.8 Å². The molecule has 1 nitrogen and oxygen atoms in total. The molecule has 0 saturated carbocycles.